The monoisotopic (exact) mass is 236 g/mol. The van der Waals surface area contributed by atoms with E-state index in [1.165, 1.54) is 0 Å². The van der Waals surface area contributed by atoms with Crippen LogP contribution in [-0.2, 0) is 16.1 Å². The zero-order valence-electron chi connectivity index (χ0n) is 9.42. The van der Waals surface area contributed by atoms with Gasteiger partial charge in [0.2, 0.25) is 0 Å². The summed E-state index contributed by atoms with van der Waals surface area (Å²) in [6.45, 7) is 2.02. The highest BCUT2D eigenvalue weighted by Gasteiger charge is 2.31. The van der Waals surface area contributed by atoms with Gasteiger partial charge >= 0.3 is 13.1 Å². The van der Waals surface area contributed by atoms with Gasteiger partial charge in [-0.05, 0) is 18.6 Å². The Labute approximate surface area is 99.1 Å². The molecule has 0 bridgehead atoms. The molecule has 0 saturated heterocycles. The summed E-state index contributed by atoms with van der Waals surface area (Å²) < 4.78 is 10.6. The molecule has 5 nitrogen and oxygen atoms in total. The molecular formula is C11H13BO5. The lowest BCUT2D eigenvalue weighted by Crippen LogP contribution is -2.31. The van der Waals surface area contributed by atoms with Crippen LogP contribution in [0.5, 0.6) is 5.75 Å². The zero-order valence-corrected chi connectivity index (χ0v) is 9.42. The van der Waals surface area contributed by atoms with Gasteiger partial charge in [-0.2, -0.15) is 0 Å². The highest BCUT2D eigenvalue weighted by atomic mass is 16.5. The third kappa shape index (κ3) is 2.59. The first kappa shape index (κ1) is 11.9. The number of benzene rings is 1. The van der Waals surface area contributed by atoms with Crippen LogP contribution in [-0.4, -0.2) is 29.3 Å². The van der Waals surface area contributed by atoms with Gasteiger partial charge in [0.1, 0.15) is 11.9 Å². The number of carboxylic acid groups (broad SMARTS) is 1. The third-order valence-corrected chi connectivity index (χ3v) is 2.59. The SMILES string of the molecule is CC(CC(=O)O)Oc1cccc2c1B(O)OC2. The molecule has 0 saturated carbocycles. The van der Waals surface area contributed by atoms with Crippen LogP contribution >= 0.6 is 0 Å². The van der Waals surface area contributed by atoms with Crippen molar-refractivity contribution in [1.82, 2.24) is 0 Å². The minimum absolute atomic E-state index is 0.0827. The van der Waals surface area contributed by atoms with Crippen LogP contribution in [0.25, 0.3) is 0 Å². The summed E-state index contributed by atoms with van der Waals surface area (Å²) in [5.74, 6) is -0.428. The average Bonchev–Trinajstić information content (AvgIpc) is 2.60. The van der Waals surface area contributed by atoms with Gasteiger partial charge in [0.25, 0.3) is 0 Å². The molecule has 1 unspecified atom stereocenters. The Hall–Kier alpha value is -1.53. The second kappa shape index (κ2) is 4.77. The smallest absolute Gasteiger partial charge is 0.490 e. The van der Waals surface area contributed by atoms with Crippen molar-refractivity contribution in [2.45, 2.75) is 26.1 Å². The third-order valence-electron chi connectivity index (χ3n) is 2.59. The highest BCUT2D eigenvalue weighted by molar-refractivity contribution is 6.62. The Bertz CT molecular complexity index is 434. The first-order chi connectivity index (χ1) is 8.08. The number of hydrogen-bond donors (Lipinski definition) is 2. The highest BCUT2D eigenvalue weighted by Crippen LogP contribution is 2.19. The van der Waals surface area contributed by atoms with Gasteiger partial charge < -0.3 is 19.5 Å². The molecule has 2 N–H and O–H groups in total. The van der Waals surface area contributed by atoms with E-state index in [1.54, 1.807) is 19.1 Å². The average molecular weight is 236 g/mol. The van der Waals surface area contributed by atoms with E-state index in [-0.39, 0.29) is 6.42 Å². The number of rotatable bonds is 4. The normalized spacial score (nSPS) is 15.5. The van der Waals surface area contributed by atoms with E-state index in [0.29, 0.717) is 17.8 Å². The second-order valence-electron chi connectivity index (χ2n) is 4.02. The van der Waals surface area contributed by atoms with Crippen molar-refractivity contribution in [2.75, 3.05) is 0 Å². The standard InChI is InChI=1S/C11H13BO5/c1-7(5-10(13)14)17-9-4-2-3-8-6-16-12(15)11(8)9/h2-4,7,15H,5-6H2,1H3,(H,13,14). The van der Waals surface area contributed by atoms with Crippen molar-refractivity contribution in [3.63, 3.8) is 0 Å². The molecule has 6 heteroatoms. The van der Waals surface area contributed by atoms with Crippen molar-refractivity contribution < 1.29 is 24.3 Å². The van der Waals surface area contributed by atoms with Crippen LogP contribution in [0.2, 0.25) is 0 Å². The summed E-state index contributed by atoms with van der Waals surface area (Å²) >= 11 is 0. The predicted molar refractivity (Wildman–Crippen MR) is 61.2 cm³/mol. The molecule has 1 aromatic rings. The van der Waals surface area contributed by atoms with Crippen LogP contribution in [0.3, 0.4) is 0 Å². The molecule has 1 heterocycles. The Kier molecular flexibility index (Phi) is 3.35. The fourth-order valence-corrected chi connectivity index (χ4v) is 1.85. The molecule has 0 fully saturated rings. The van der Waals surface area contributed by atoms with Gasteiger partial charge in [-0.3, -0.25) is 4.79 Å². The van der Waals surface area contributed by atoms with Crippen molar-refractivity contribution in [3.05, 3.63) is 23.8 Å². The molecule has 0 radical (unpaired) electrons. The zero-order chi connectivity index (χ0) is 12.4. The van der Waals surface area contributed by atoms with Crippen LogP contribution < -0.4 is 10.2 Å². The first-order valence-electron chi connectivity index (χ1n) is 5.38. The van der Waals surface area contributed by atoms with Crippen molar-refractivity contribution in [3.8, 4) is 5.75 Å². The Balaban J connectivity index is 2.17. The summed E-state index contributed by atoms with van der Waals surface area (Å²) in [5.41, 5.74) is 1.47. The molecule has 1 atom stereocenters. The van der Waals surface area contributed by atoms with E-state index in [4.69, 9.17) is 14.5 Å². The second-order valence-corrected chi connectivity index (χ2v) is 4.02. The number of aliphatic carboxylic acids is 1. The molecule has 0 amide bonds. The Morgan fingerprint density at radius 3 is 3.12 bits per heavy atom. The Morgan fingerprint density at radius 2 is 2.41 bits per heavy atom. The molecule has 90 valence electrons. The van der Waals surface area contributed by atoms with Gasteiger partial charge in [0.15, 0.2) is 0 Å². The largest absolute Gasteiger partial charge is 0.495 e. The molecule has 1 aliphatic rings. The fourth-order valence-electron chi connectivity index (χ4n) is 1.85. The lowest BCUT2D eigenvalue weighted by Gasteiger charge is -2.15. The quantitative estimate of drug-likeness (QED) is 0.727. The van der Waals surface area contributed by atoms with Crippen LogP contribution in [0.4, 0.5) is 0 Å². The van der Waals surface area contributed by atoms with Gasteiger partial charge in [-0.15, -0.1) is 0 Å². The molecule has 2 rings (SSSR count). The van der Waals surface area contributed by atoms with E-state index in [9.17, 15) is 9.82 Å². The summed E-state index contributed by atoms with van der Waals surface area (Å²) in [6, 6.07) is 5.35. The van der Waals surface area contributed by atoms with Crippen LogP contribution in [0.15, 0.2) is 18.2 Å². The van der Waals surface area contributed by atoms with E-state index in [1.807, 2.05) is 6.07 Å². The van der Waals surface area contributed by atoms with E-state index < -0.39 is 19.2 Å². The molecule has 0 aliphatic carbocycles. The molecule has 0 aromatic heterocycles. The Morgan fingerprint density at radius 1 is 1.65 bits per heavy atom. The summed E-state index contributed by atoms with van der Waals surface area (Å²) in [6.07, 6.45) is -0.535. The van der Waals surface area contributed by atoms with Gasteiger partial charge in [0.05, 0.1) is 13.0 Å². The predicted octanol–water partition coefficient (Wildman–Crippen LogP) is 0.146. The van der Waals surface area contributed by atoms with E-state index in [0.717, 1.165) is 5.56 Å². The van der Waals surface area contributed by atoms with E-state index in [2.05, 4.69) is 0 Å². The lowest BCUT2D eigenvalue weighted by molar-refractivity contribution is -0.138. The first-order valence-corrected chi connectivity index (χ1v) is 5.38. The van der Waals surface area contributed by atoms with Crippen LogP contribution in [0, 0.1) is 0 Å². The number of carboxylic acids is 1. The van der Waals surface area contributed by atoms with Gasteiger partial charge in [-0.25, -0.2) is 0 Å². The summed E-state index contributed by atoms with van der Waals surface area (Å²) in [5, 5.41) is 18.3. The van der Waals surface area contributed by atoms with Gasteiger partial charge in [-0.1, -0.05) is 12.1 Å². The number of carbonyl (C=O) groups is 1. The van der Waals surface area contributed by atoms with Gasteiger partial charge in [0, 0.05) is 5.46 Å². The molecular weight excluding hydrogens is 223 g/mol. The summed E-state index contributed by atoms with van der Waals surface area (Å²) in [4.78, 5) is 10.5. The van der Waals surface area contributed by atoms with E-state index >= 15 is 0 Å². The summed E-state index contributed by atoms with van der Waals surface area (Å²) in [7, 11) is -0.988. The minimum Gasteiger partial charge on any atom is -0.490 e. The van der Waals surface area contributed by atoms with Crippen LogP contribution in [0.1, 0.15) is 18.9 Å². The molecule has 1 aromatic carbocycles. The maximum absolute atomic E-state index is 10.5. The maximum Gasteiger partial charge on any atom is 0.495 e. The van der Waals surface area contributed by atoms with Crippen molar-refractivity contribution in [1.29, 1.82) is 0 Å². The maximum atomic E-state index is 10.5. The number of hydrogen-bond acceptors (Lipinski definition) is 4. The van der Waals surface area contributed by atoms with Crippen molar-refractivity contribution in [2.24, 2.45) is 0 Å². The molecule has 0 spiro atoms. The lowest BCUT2D eigenvalue weighted by atomic mass is 9.79. The fraction of sp³-hybridized carbons (Fsp3) is 0.364. The number of ether oxygens (including phenoxy) is 1. The number of fused-ring (bicyclic) bond motifs is 1. The molecule has 17 heavy (non-hydrogen) atoms. The molecule has 1 aliphatic heterocycles. The van der Waals surface area contributed by atoms with Crippen molar-refractivity contribution >= 4 is 18.6 Å². The minimum atomic E-state index is -0.988. The topological polar surface area (TPSA) is 76.0 Å².